The van der Waals surface area contributed by atoms with Crippen molar-refractivity contribution in [3.8, 4) is 44.5 Å². The van der Waals surface area contributed by atoms with Crippen LogP contribution in [-0.4, -0.2) is 0 Å². The zero-order chi connectivity index (χ0) is 38.4. The normalized spacial score (nSPS) is 11.4. The van der Waals surface area contributed by atoms with Gasteiger partial charge in [0.05, 0.1) is 0 Å². The van der Waals surface area contributed by atoms with E-state index in [2.05, 4.69) is 229 Å². The Hall–Kier alpha value is -7.26. The quantitative estimate of drug-likeness (QED) is 0.157. The summed E-state index contributed by atoms with van der Waals surface area (Å²) in [6, 6.07) is 81.8. The minimum Gasteiger partial charge on any atom is -0.310 e. The van der Waals surface area contributed by atoms with Crippen LogP contribution in [0.15, 0.2) is 224 Å². The van der Waals surface area contributed by atoms with E-state index in [-0.39, 0.29) is 0 Å². The first-order valence-corrected chi connectivity index (χ1v) is 20.7. The van der Waals surface area contributed by atoms with Crippen LogP contribution in [0.5, 0.6) is 0 Å². The number of nitrogens with zero attached hydrogens (tertiary/aromatic N) is 1. The first-order chi connectivity index (χ1) is 28.8. The molecular formula is C56H37NS. The predicted molar refractivity (Wildman–Crippen MR) is 251 cm³/mol. The molecule has 2 heteroatoms. The minimum absolute atomic E-state index is 1.10. The van der Waals surface area contributed by atoms with Gasteiger partial charge in [-0.15, -0.1) is 11.3 Å². The van der Waals surface area contributed by atoms with Crippen LogP contribution in [0.25, 0.3) is 86.2 Å². The van der Waals surface area contributed by atoms with Crippen molar-refractivity contribution >= 4 is 70.1 Å². The number of benzene rings is 10. The van der Waals surface area contributed by atoms with E-state index in [4.69, 9.17) is 0 Å². The summed E-state index contributed by atoms with van der Waals surface area (Å²) in [5.41, 5.74) is 13.1. The summed E-state index contributed by atoms with van der Waals surface area (Å²) in [5, 5.41) is 7.62. The Bertz CT molecular complexity index is 3240. The molecule has 1 heterocycles. The summed E-state index contributed by atoms with van der Waals surface area (Å²) in [7, 11) is 0. The zero-order valence-electron chi connectivity index (χ0n) is 31.7. The molecule has 10 aromatic carbocycles. The van der Waals surface area contributed by atoms with Crippen molar-refractivity contribution < 1.29 is 0 Å². The lowest BCUT2D eigenvalue weighted by Crippen LogP contribution is -2.09. The molecule has 0 aliphatic carbocycles. The molecule has 11 rings (SSSR count). The highest BCUT2D eigenvalue weighted by Gasteiger charge is 2.22. The van der Waals surface area contributed by atoms with Crippen LogP contribution in [-0.2, 0) is 0 Å². The Morgan fingerprint density at radius 3 is 1.40 bits per heavy atom. The molecule has 0 unspecified atom stereocenters. The first kappa shape index (κ1) is 34.0. The number of anilines is 3. The number of thiophene rings is 1. The lowest BCUT2D eigenvalue weighted by atomic mass is 9.86. The molecule has 0 aliphatic heterocycles. The van der Waals surface area contributed by atoms with Crippen molar-refractivity contribution in [2.24, 2.45) is 0 Å². The van der Waals surface area contributed by atoms with Gasteiger partial charge in [-0.25, -0.2) is 0 Å². The smallest absolute Gasteiger partial charge is 0.0468 e. The largest absolute Gasteiger partial charge is 0.310 e. The molecule has 0 saturated carbocycles. The van der Waals surface area contributed by atoms with Gasteiger partial charge in [0.25, 0.3) is 0 Å². The highest BCUT2D eigenvalue weighted by atomic mass is 32.1. The van der Waals surface area contributed by atoms with Gasteiger partial charge in [-0.05, 0) is 103 Å². The Balaban J connectivity index is 1.11. The maximum atomic E-state index is 2.38. The van der Waals surface area contributed by atoms with Gasteiger partial charge in [-0.2, -0.15) is 0 Å². The van der Waals surface area contributed by atoms with Crippen LogP contribution in [0.3, 0.4) is 0 Å². The second-order valence-electron chi connectivity index (χ2n) is 14.9. The predicted octanol–water partition coefficient (Wildman–Crippen LogP) is 16.5. The number of hydrogen-bond acceptors (Lipinski definition) is 2. The maximum Gasteiger partial charge on any atom is 0.0468 e. The summed E-state index contributed by atoms with van der Waals surface area (Å²) in [6.45, 7) is 0. The summed E-state index contributed by atoms with van der Waals surface area (Å²) < 4.78 is 2.63. The van der Waals surface area contributed by atoms with Gasteiger partial charge in [0.2, 0.25) is 0 Å². The van der Waals surface area contributed by atoms with Crippen molar-refractivity contribution in [3.05, 3.63) is 224 Å². The van der Waals surface area contributed by atoms with Crippen molar-refractivity contribution in [1.29, 1.82) is 0 Å². The van der Waals surface area contributed by atoms with Crippen LogP contribution < -0.4 is 4.90 Å². The Morgan fingerprint density at radius 2 is 0.741 bits per heavy atom. The molecule has 58 heavy (non-hydrogen) atoms. The van der Waals surface area contributed by atoms with Gasteiger partial charge < -0.3 is 4.90 Å². The standard InChI is InChI=1S/C56H37NS/c1-3-13-38(14-4-1)41-23-25-43(26-24-41)53-49-19-9-10-20-50(49)56-55(51-21-11-12-22-52(51)58-56)54(53)44-30-34-47(35-31-44)57(48-36-29-40-17-7-8-18-45(40)37-48)46-32-27-42(28-33-46)39-15-5-2-6-16-39/h1-37H. The third-order valence-corrected chi connectivity index (χ3v) is 12.7. The van der Waals surface area contributed by atoms with Gasteiger partial charge in [0, 0.05) is 42.6 Å². The molecule has 0 aliphatic rings. The van der Waals surface area contributed by atoms with E-state index < -0.39 is 0 Å². The Kier molecular flexibility index (Phi) is 8.42. The van der Waals surface area contributed by atoms with Crippen molar-refractivity contribution in [2.45, 2.75) is 0 Å². The van der Waals surface area contributed by atoms with Crippen molar-refractivity contribution in [3.63, 3.8) is 0 Å². The molecule has 1 aromatic heterocycles. The van der Waals surface area contributed by atoms with Gasteiger partial charge in [-0.3, -0.25) is 0 Å². The van der Waals surface area contributed by atoms with E-state index in [1.54, 1.807) is 0 Å². The summed E-state index contributed by atoms with van der Waals surface area (Å²) in [6.07, 6.45) is 0. The SMILES string of the molecule is c1ccc(-c2ccc(-c3c(-c4ccc(N(c5ccc(-c6ccccc6)cc5)c5ccc6ccccc6c5)cc4)c4c5ccccc5sc4c4ccccc34)cc2)cc1. The van der Waals surface area contributed by atoms with Crippen LogP contribution >= 0.6 is 11.3 Å². The molecule has 272 valence electrons. The molecule has 0 fully saturated rings. The lowest BCUT2D eigenvalue weighted by molar-refractivity contribution is 1.29. The molecule has 0 atom stereocenters. The molecule has 0 spiro atoms. The highest BCUT2D eigenvalue weighted by Crippen LogP contribution is 2.50. The van der Waals surface area contributed by atoms with Gasteiger partial charge in [0.1, 0.15) is 0 Å². The fourth-order valence-corrected chi connectivity index (χ4v) is 9.91. The fraction of sp³-hybridized carbons (Fsp3) is 0. The minimum atomic E-state index is 1.10. The lowest BCUT2D eigenvalue weighted by Gasteiger charge is -2.26. The van der Waals surface area contributed by atoms with E-state index in [1.807, 2.05) is 11.3 Å². The maximum absolute atomic E-state index is 2.38. The molecule has 11 aromatic rings. The van der Waals surface area contributed by atoms with Gasteiger partial charge >= 0.3 is 0 Å². The molecule has 0 saturated heterocycles. The summed E-state index contributed by atoms with van der Waals surface area (Å²) in [5.74, 6) is 0. The Labute approximate surface area is 342 Å². The van der Waals surface area contributed by atoms with E-state index in [0.29, 0.717) is 0 Å². The topological polar surface area (TPSA) is 3.24 Å². The van der Waals surface area contributed by atoms with Crippen LogP contribution in [0.1, 0.15) is 0 Å². The summed E-state index contributed by atoms with van der Waals surface area (Å²) in [4.78, 5) is 2.38. The molecule has 0 radical (unpaired) electrons. The van der Waals surface area contributed by atoms with E-state index in [1.165, 1.54) is 86.2 Å². The first-order valence-electron chi connectivity index (χ1n) is 19.8. The van der Waals surface area contributed by atoms with Crippen LogP contribution in [0.2, 0.25) is 0 Å². The number of hydrogen-bond donors (Lipinski definition) is 0. The van der Waals surface area contributed by atoms with E-state index in [0.717, 1.165) is 17.1 Å². The Morgan fingerprint density at radius 1 is 0.293 bits per heavy atom. The van der Waals surface area contributed by atoms with Gasteiger partial charge in [-0.1, -0.05) is 182 Å². The highest BCUT2D eigenvalue weighted by molar-refractivity contribution is 7.26. The van der Waals surface area contributed by atoms with Crippen LogP contribution in [0, 0.1) is 0 Å². The molecular weight excluding hydrogens is 719 g/mol. The fourth-order valence-electron chi connectivity index (χ4n) is 8.66. The average Bonchev–Trinajstić information content (AvgIpc) is 3.70. The van der Waals surface area contributed by atoms with E-state index in [9.17, 15) is 0 Å². The average molecular weight is 756 g/mol. The molecule has 0 N–H and O–H groups in total. The number of rotatable bonds is 7. The second-order valence-corrected chi connectivity index (χ2v) is 15.9. The van der Waals surface area contributed by atoms with E-state index >= 15 is 0 Å². The second kappa shape index (κ2) is 14.4. The third-order valence-electron chi connectivity index (χ3n) is 11.5. The van der Waals surface area contributed by atoms with Crippen molar-refractivity contribution in [2.75, 3.05) is 4.90 Å². The number of fused-ring (bicyclic) bond motifs is 6. The summed E-state index contributed by atoms with van der Waals surface area (Å²) >= 11 is 1.90. The van der Waals surface area contributed by atoms with Gasteiger partial charge in [0.15, 0.2) is 0 Å². The van der Waals surface area contributed by atoms with Crippen molar-refractivity contribution in [1.82, 2.24) is 0 Å². The van der Waals surface area contributed by atoms with Crippen LogP contribution in [0.4, 0.5) is 17.1 Å². The molecule has 1 nitrogen and oxygen atoms in total. The third kappa shape index (κ3) is 5.94. The molecule has 0 amide bonds. The molecule has 0 bridgehead atoms. The zero-order valence-corrected chi connectivity index (χ0v) is 32.5. The monoisotopic (exact) mass is 755 g/mol.